The van der Waals surface area contributed by atoms with Gasteiger partial charge in [-0.3, -0.25) is 4.68 Å². The molecule has 2 heterocycles. The maximum absolute atomic E-state index is 8.88. The summed E-state index contributed by atoms with van der Waals surface area (Å²) >= 11 is 0. The number of hydrogen-bond acceptors (Lipinski definition) is 3. The Hall–Kier alpha value is -1.62. The third kappa shape index (κ3) is 2.24. The van der Waals surface area contributed by atoms with Crippen molar-refractivity contribution in [1.82, 2.24) is 19.3 Å². The van der Waals surface area contributed by atoms with Crippen LogP contribution in [0.4, 0.5) is 0 Å². The van der Waals surface area contributed by atoms with E-state index in [1.165, 1.54) is 0 Å². The van der Waals surface area contributed by atoms with Crippen LogP contribution in [0.25, 0.3) is 0 Å². The number of imidazole rings is 1. The Morgan fingerprint density at radius 3 is 2.93 bits per heavy atom. The summed E-state index contributed by atoms with van der Waals surface area (Å²) in [6.07, 6.45) is 8.09. The van der Waals surface area contributed by atoms with Gasteiger partial charge in [-0.2, -0.15) is 5.10 Å². The Kier molecular flexibility index (Phi) is 2.82. The van der Waals surface area contributed by atoms with Crippen molar-refractivity contribution in [2.45, 2.75) is 19.6 Å². The first-order valence-corrected chi connectivity index (χ1v) is 4.88. The van der Waals surface area contributed by atoms with Crippen LogP contribution >= 0.6 is 0 Å². The lowest BCUT2D eigenvalue weighted by atomic mass is 10.4. The fourth-order valence-electron chi connectivity index (χ4n) is 1.46. The third-order valence-electron chi connectivity index (χ3n) is 2.35. The average molecular weight is 206 g/mol. The largest absolute Gasteiger partial charge is 0.392 e. The van der Waals surface area contributed by atoms with Crippen LogP contribution in [0.15, 0.2) is 24.8 Å². The number of hydrogen-bond donors (Lipinski definition) is 1. The Labute approximate surface area is 88.0 Å². The van der Waals surface area contributed by atoms with Gasteiger partial charge in [0.1, 0.15) is 5.82 Å². The van der Waals surface area contributed by atoms with Crippen molar-refractivity contribution in [3.63, 3.8) is 0 Å². The highest BCUT2D eigenvalue weighted by molar-refractivity contribution is 5.01. The molecule has 5 heteroatoms. The van der Waals surface area contributed by atoms with Crippen molar-refractivity contribution in [1.29, 1.82) is 0 Å². The summed E-state index contributed by atoms with van der Waals surface area (Å²) in [6.45, 7) is 0.827. The van der Waals surface area contributed by atoms with Gasteiger partial charge in [0, 0.05) is 44.2 Å². The second-order valence-corrected chi connectivity index (χ2v) is 3.47. The fraction of sp³-hybridized carbons (Fsp3) is 0.400. The molecule has 1 N–H and O–H groups in total. The van der Waals surface area contributed by atoms with Crippen molar-refractivity contribution >= 4 is 0 Å². The summed E-state index contributed by atoms with van der Waals surface area (Å²) in [7, 11) is 1.98. The van der Waals surface area contributed by atoms with Crippen LogP contribution in [0, 0.1) is 0 Å². The molecule has 80 valence electrons. The molecule has 0 fully saturated rings. The molecule has 2 rings (SSSR count). The number of aliphatic hydroxyl groups is 1. The van der Waals surface area contributed by atoms with Gasteiger partial charge in [0.05, 0.1) is 12.8 Å². The van der Waals surface area contributed by atoms with Gasteiger partial charge < -0.3 is 9.67 Å². The van der Waals surface area contributed by atoms with Gasteiger partial charge in [-0.25, -0.2) is 4.98 Å². The molecule has 2 aromatic rings. The van der Waals surface area contributed by atoms with Crippen LogP contribution < -0.4 is 0 Å². The van der Waals surface area contributed by atoms with Crippen molar-refractivity contribution in [3.8, 4) is 0 Å². The lowest BCUT2D eigenvalue weighted by Gasteiger charge is -2.01. The second kappa shape index (κ2) is 4.27. The zero-order valence-corrected chi connectivity index (χ0v) is 8.67. The first-order valence-electron chi connectivity index (χ1n) is 4.88. The van der Waals surface area contributed by atoms with E-state index in [1.54, 1.807) is 12.4 Å². The molecule has 15 heavy (non-hydrogen) atoms. The van der Waals surface area contributed by atoms with Gasteiger partial charge in [-0.1, -0.05) is 0 Å². The van der Waals surface area contributed by atoms with E-state index in [2.05, 4.69) is 10.1 Å². The molecule has 2 aromatic heterocycles. The summed E-state index contributed by atoms with van der Waals surface area (Å²) < 4.78 is 3.82. The predicted octanol–water partition coefficient (Wildman–Crippen LogP) is 0.352. The first kappa shape index (κ1) is 9.92. The van der Waals surface area contributed by atoms with Crippen LogP contribution in [0.3, 0.4) is 0 Å². The minimum Gasteiger partial charge on any atom is -0.392 e. The summed E-state index contributed by atoms with van der Waals surface area (Å²) in [5.74, 6) is 1.04. The maximum Gasteiger partial charge on any atom is 0.110 e. The minimum atomic E-state index is 0.0441. The smallest absolute Gasteiger partial charge is 0.110 e. The van der Waals surface area contributed by atoms with Crippen molar-refractivity contribution < 1.29 is 5.11 Å². The van der Waals surface area contributed by atoms with Gasteiger partial charge in [0.2, 0.25) is 0 Å². The third-order valence-corrected chi connectivity index (χ3v) is 2.35. The topological polar surface area (TPSA) is 55.9 Å². The number of aromatic nitrogens is 4. The minimum absolute atomic E-state index is 0.0441. The quantitative estimate of drug-likeness (QED) is 0.785. The monoisotopic (exact) mass is 206 g/mol. The molecule has 0 saturated heterocycles. The molecule has 5 nitrogen and oxygen atoms in total. The zero-order chi connectivity index (χ0) is 10.7. The fourth-order valence-corrected chi connectivity index (χ4v) is 1.46. The molecule has 0 spiro atoms. The van der Waals surface area contributed by atoms with Gasteiger partial charge in [-0.05, 0) is 0 Å². The molecule has 0 aliphatic carbocycles. The molecule has 0 unspecified atom stereocenters. The van der Waals surface area contributed by atoms with Gasteiger partial charge in [-0.15, -0.1) is 0 Å². The molecule has 0 amide bonds. The molecule has 0 atom stereocenters. The normalized spacial score (nSPS) is 10.8. The second-order valence-electron chi connectivity index (χ2n) is 3.47. The SMILES string of the molecule is Cn1ccnc1CCn1cc(CO)cn1. The Morgan fingerprint density at radius 1 is 1.47 bits per heavy atom. The lowest BCUT2D eigenvalue weighted by molar-refractivity contribution is 0.281. The van der Waals surface area contributed by atoms with E-state index in [4.69, 9.17) is 5.11 Å². The predicted molar refractivity (Wildman–Crippen MR) is 55.1 cm³/mol. The highest BCUT2D eigenvalue weighted by Gasteiger charge is 2.01. The molecule has 0 saturated carbocycles. The summed E-state index contributed by atoms with van der Waals surface area (Å²) in [5.41, 5.74) is 0.842. The maximum atomic E-state index is 8.88. The van der Waals surface area contributed by atoms with E-state index < -0.39 is 0 Å². The van der Waals surface area contributed by atoms with Crippen molar-refractivity contribution in [2.24, 2.45) is 7.05 Å². The lowest BCUT2D eigenvalue weighted by Crippen LogP contribution is -2.05. The van der Waals surface area contributed by atoms with E-state index in [1.807, 2.05) is 28.7 Å². The summed E-state index contributed by atoms with van der Waals surface area (Å²) in [4.78, 5) is 4.23. The molecule has 0 aromatic carbocycles. The first-order chi connectivity index (χ1) is 7.29. The van der Waals surface area contributed by atoms with Crippen molar-refractivity contribution in [2.75, 3.05) is 0 Å². The number of aliphatic hydroxyl groups excluding tert-OH is 1. The molecular formula is C10H14N4O. The molecule has 0 aliphatic rings. The highest BCUT2D eigenvalue weighted by atomic mass is 16.3. The molecule has 0 aliphatic heterocycles. The average Bonchev–Trinajstić information content (AvgIpc) is 2.84. The number of aryl methyl sites for hydroxylation is 3. The summed E-state index contributed by atoms with van der Waals surface area (Å²) in [5, 5.41) is 13.0. The number of rotatable bonds is 4. The molecular weight excluding hydrogens is 192 g/mol. The molecule has 0 bridgehead atoms. The van der Waals surface area contributed by atoms with E-state index >= 15 is 0 Å². The van der Waals surface area contributed by atoms with Crippen LogP contribution in [-0.2, 0) is 26.6 Å². The van der Waals surface area contributed by atoms with E-state index in [0.717, 1.165) is 24.4 Å². The molecule has 0 radical (unpaired) electrons. The van der Waals surface area contributed by atoms with Crippen LogP contribution in [-0.4, -0.2) is 24.4 Å². The van der Waals surface area contributed by atoms with Gasteiger partial charge in [0.15, 0.2) is 0 Å². The van der Waals surface area contributed by atoms with Gasteiger partial charge in [0.25, 0.3) is 0 Å². The van der Waals surface area contributed by atoms with E-state index in [0.29, 0.717) is 0 Å². The number of nitrogens with zero attached hydrogens (tertiary/aromatic N) is 4. The summed E-state index contributed by atoms with van der Waals surface area (Å²) in [6, 6.07) is 0. The standard InChI is InChI=1S/C10H14N4O/c1-13-5-3-11-10(13)2-4-14-7-9(8-15)6-12-14/h3,5-7,15H,2,4,8H2,1H3. The van der Waals surface area contributed by atoms with Crippen LogP contribution in [0.1, 0.15) is 11.4 Å². The van der Waals surface area contributed by atoms with Crippen LogP contribution in [0.2, 0.25) is 0 Å². The van der Waals surface area contributed by atoms with E-state index in [9.17, 15) is 0 Å². The zero-order valence-electron chi connectivity index (χ0n) is 8.67. The Bertz CT molecular complexity index is 432. The van der Waals surface area contributed by atoms with E-state index in [-0.39, 0.29) is 6.61 Å². The van der Waals surface area contributed by atoms with Crippen molar-refractivity contribution in [3.05, 3.63) is 36.2 Å². The Morgan fingerprint density at radius 2 is 2.33 bits per heavy atom. The Balaban J connectivity index is 1.96. The van der Waals surface area contributed by atoms with Crippen LogP contribution in [0.5, 0.6) is 0 Å². The highest BCUT2D eigenvalue weighted by Crippen LogP contribution is 2.00. The van der Waals surface area contributed by atoms with Gasteiger partial charge >= 0.3 is 0 Å².